The fourth-order valence-corrected chi connectivity index (χ4v) is 2.78. The molecule has 174 valence electrons. The van der Waals surface area contributed by atoms with Crippen molar-refractivity contribution >= 4 is 35.8 Å². The lowest BCUT2D eigenvalue weighted by Crippen LogP contribution is -2.29. The van der Waals surface area contributed by atoms with Crippen molar-refractivity contribution in [3.63, 3.8) is 0 Å². The molecule has 0 unspecified atom stereocenters. The second-order valence-electron chi connectivity index (χ2n) is 6.45. The quantitative estimate of drug-likeness (QED) is 0.266. The Morgan fingerprint density at radius 2 is 0.781 bits per heavy atom. The van der Waals surface area contributed by atoms with Crippen LogP contribution in [-0.2, 0) is 9.47 Å². The van der Waals surface area contributed by atoms with E-state index in [1.165, 1.54) is 0 Å². The number of carboxylic acid groups (broad SMARTS) is 4. The third-order valence-electron chi connectivity index (χ3n) is 4.23. The lowest BCUT2D eigenvalue weighted by molar-refractivity contribution is 0.0440. The highest BCUT2D eigenvalue weighted by Gasteiger charge is 2.41. The molecule has 32 heavy (non-hydrogen) atoms. The van der Waals surface area contributed by atoms with Crippen molar-refractivity contribution in [1.82, 2.24) is 0 Å². The van der Waals surface area contributed by atoms with Gasteiger partial charge in [-0.3, -0.25) is 0 Å². The lowest BCUT2D eigenvalue weighted by atomic mass is 9.86. The van der Waals surface area contributed by atoms with E-state index in [1.54, 1.807) is 13.8 Å². The minimum absolute atomic E-state index is 0.246. The van der Waals surface area contributed by atoms with Crippen LogP contribution >= 0.6 is 0 Å². The normalized spacial score (nSPS) is 10.3. The van der Waals surface area contributed by atoms with Gasteiger partial charge in [0.15, 0.2) is 0 Å². The summed E-state index contributed by atoms with van der Waals surface area (Å²) < 4.78 is 9.80. The van der Waals surface area contributed by atoms with Gasteiger partial charge in [0.2, 0.25) is 0 Å². The average molecular weight is 454 g/mol. The van der Waals surface area contributed by atoms with Gasteiger partial charge >= 0.3 is 35.8 Å². The Morgan fingerprint density at radius 1 is 0.531 bits per heavy atom. The predicted octanol–water partition coefficient (Wildman–Crippen LogP) is 2.39. The monoisotopic (exact) mass is 454 g/mol. The number of hydrogen-bond donors (Lipinski definition) is 4. The minimum Gasteiger partial charge on any atom is -0.478 e. The molecule has 0 spiro atoms. The average Bonchev–Trinajstić information content (AvgIpc) is 2.71. The van der Waals surface area contributed by atoms with Crippen molar-refractivity contribution < 1.29 is 58.7 Å². The lowest BCUT2D eigenvalue weighted by Gasteiger charge is -2.19. The van der Waals surface area contributed by atoms with Gasteiger partial charge in [0.25, 0.3) is 0 Å². The van der Waals surface area contributed by atoms with Gasteiger partial charge in [-0.15, -0.1) is 0 Å². The molecule has 0 radical (unpaired) electrons. The topological polar surface area (TPSA) is 202 Å². The predicted molar refractivity (Wildman–Crippen MR) is 105 cm³/mol. The maximum atomic E-state index is 12.7. The number of carbonyl (C=O) groups is 6. The number of rotatable bonds is 12. The Morgan fingerprint density at radius 3 is 1.00 bits per heavy atom. The van der Waals surface area contributed by atoms with Gasteiger partial charge in [0.05, 0.1) is 46.6 Å². The zero-order valence-electron chi connectivity index (χ0n) is 17.3. The first-order valence-corrected chi connectivity index (χ1v) is 9.52. The number of benzene rings is 1. The SMILES string of the molecule is CCCCOC(=O)c1c(C(=O)O)c(C(=O)O)c(C(=O)O)c(C(=O)O)c1C(=O)OCCCC. The van der Waals surface area contributed by atoms with Crippen LogP contribution in [0.25, 0.3) is 0 Å². The van der Waals surface area contributed by atoms with Crippen LogP contribution in [0, 0.1) is 0 Å². The standard InChI is InChI=1S/C20H22O12/c1-3-5-7-31-19(29)13-11(17(25)26)9(15(21)22)10(16(23)24)12(18(27)28)14(13)20(30)32-8-6-4-2/h3-8H2,1-2H3,(H,21,22)(H,23,24)(H,25,26)(H,27,28). The molecule has 0 atom stereocenters. The molecule has 0 aliphatic rings. The van der Waals surface area contributed by atoms with E-state index in [1.807, 2.05) is 0 Å². The second kappa shape index (κ2) is 11.4. The summed E-state index contributed by atoms with van der Waals surface area (Å²) >= 11 is 0. The van der Waals surface area contributed by atoms with Crippen LogP contribution < -0.4 is 0 Å². The molecule has 0 aliphatic heterocycles. The number of carboxylic acids is 4. The van der Waals surface area contributed by atoms with Crippen molar-refractivity contribution in [2.75, 3.05) is 13.2 Å². The molecular weight excluding hydrogens is 432 g/mol. The van der Waals surface area contributed by atoms with E-state index in [2.05, 4.69) is 0 Å². The van der Waals surface area contributed by atoms with Crippen molar-refractivity contribution in [2.45, 2.75) is 39.5 Å². The molecule has 12 nitrogen and oxygen atoms in total. The summed E-state index contributed by atoms with van der Waals surface area (Å²) in [4.78, 5) is 72.8. The highest BCUT2D eigenvalue weighted by atomic mass is 16.5. The number of carbonyl (C=O) groups excluding carboxylic acids is 2. The first-order chi connectivity index (χ1) is 15.0. The van der Waals surface area contributed by atoms with Gasteiger partial charge in [-0.2, -0.15) is 0 Å². The third kappa shape index (κ3) is 5.59. The Labute approximate surface area is 181 Å². The molecule has 0 saturated heterocycles. The number of esters is 2. The smallest absolute Gasteiger partial charge is 0.339 e. The van der Waals surface area contributed by atoms with Gasteiger partial charge in [-0.05, 0) is 12.8 Å². The zero-order chi connectivity index (χ0) is 24.6. The molecule has 0 heterocycles. The van der Waals surface area contributed by atoms with Crippen molar-refractivity contribution in [2.24, 2.45) is 0 Å². The summed E-state index contributed by atoms with van der Waals surface area (Å²) in [7, 11) is 0. The highest BCUT2D eigenvalue weighted by Crippen LogP contribution is 2.31. The molecule has 0 fully saturated rings. The number of unbranched alkanes of at least 4 members (excludes halogenated alkanes) is 2. The van der Waals surface area contributed by atoms with E-state index in [0.29, 0.717) is 25.7 Å². The molecule has 1 rings (SSSR count). The van der Waals surface area contributed by atoms with E-state index < -0.39 is 69.2 Å². The maximum Gasteiger partial charge on any atom is 0.339 e. The van der Waals surface area contributed by atoms with E-state index in [0.717, 1.165) is 0 Å². The fraction of sp³-hybridized carbons (Fsp3) is 0.400. The summed E-state index contributed by atoms with van der Waals surface area (Å²) in [5, 5.41) is 38.2. The molecule has 0 amide bonds. The Balaban J connectivity index is 4.15. The van der Waals surface area contributed by atoms with Crippen molar-refractivity contribution in [1.29, 1.82) is 0 Å². The largest absolute Gasteiger partial charge is 0.478 e. The zero-order valence-corrected chi connectivity index (χ0v) is 17.3. The van der Waals surface area contributed by atoms with Gasteiger partial charge in [0, 0.05) is 0 Å². The van der Waals surface area contributed by atoms with Crippen LogP contribution in [0.4, 0.5) is 0 Å². The van der Waals surface area contributed by atoms with Gasteiger partial charge < -0.3 is 29.9 Å². The van der Waals surface area contributed by atoms with Crippen molar-refractivity contribution in [3.8, 4) is 0 Å². The Kier molecular flexibility index (Phi) is 9.32. The molecule has 0 aliphatic carbocycles. The third-order valence-corrected chi connectivity index (χ3v) is 4.23. The van der Waals surface area contributed by atoms with Crippen LogP contribution in [0.2, 0.25) is 0 Å². The van der Waals surface area contributed by atoms with E-state index in [-0.39, 0.29) is 13.2 Å². The molecule has 0 aromatic heterocycles. The molecule has 4 N–H and O–H groups in total. The Bertz CT molecular complexity index is 883. The first-order valence-electron chi connectivity index (χ1n) is 9.52. The Hall–Kier alpha value is -3.96. The molecular formula is C20H22O12. The molecule has 12 heteroatoms. The van der Waals surface area contributed by atoms with Crippen LogP contribution in [0.1, 0.15) is 102 Å². The summed E-state index contributed by atoms with van der Waals surface area (Å²) in [6.07, 6.45) is 1.78. The number of ether oxygens (including phenoxy) is 2. The molecule has 1 aromatic carbocycles. The second-order valence-corrected chi connectivity index (χ2v) is 6.45. The summed E-state index contributed by atoms with van der Waals surface area (Å²) in [5.41, 5.74) is -8.12. The molecule has 0 bridgehead atoms. The summed E-state index contributed by atoms with van der Waals surface area (Å²) in [5.74, 6) is -11.4. The van der Waals surface area contributed by atoms with Gasteiger partial charge in [0.1, 0.15) is 0 Å². The molecule has 0 saturated carbocycles. The van der Waals surface area contributed by atoms with E-state index in [9.17, 15) is 49.2 Å². The maximum absolute atomic E-state index is 12.7. The van der Waals surface area contributed by atoms with Crippen LogP contribution in [-0.4, -0.2) is 69.5 Å². The van der Waals surface area contributed by atoms with Gasteiger partial charge in [-0.1, -0.05) is 26.7 Å². The van der Waals surface area contributed by atoms with E-state index in [4.69, 9.17) is 9.47 Å². The number of aromatic carboxylic acids is 4. The van der Waals surface area contributed by atoms with Crippen molar-refractivity contribution in [3.05, 3.63) is 33.4 Å². The number of hydrogen-bond acceptors (Lipinski definition) is 8. The van der Waals surface area contributed by atoms with Gasteiger partial charge in [-0.25, -0.2) is 28.8 Å². The summed E-state index contributed by atoms with van der Waals surface area (Å²) in [6.45, 7) is 3.01. The fourth-order valence-electron chi connectivity index (χ4n) is 2.78. The van der Waals surface area contributed by atoms with Crippen LogP contribution in [0.3, 0.4) is 0 Å². The first kappa shape index (κ1) is 26.1. The van der Waals surface area contributed by atoms with Crippen LogP contribution in [0.5, 0.6) is 0 Å². The minimum atomic E-state index is -2.13. The highest BCUT2D eigenvalue weighted by molar-refractivity contribution is 6.23. The molecule has 1 aromatic rings. The van der Waals surface area contributed by atoms with Crippen LogP contribution in [0.15, 0.2) is 0 Å². The summed E-state index contributed by atoms with van der Waals surface area (Å²) in [6, 6.07) is 0. The van der Waals surface area contributed by atoms with E-state index >= 15 is 0 Å².